The van der Waals surface area contributed by atoms with Crippen molar-refractivity contribution >= 4 is 33.3 Å². The molecule has 0 saturated carbocycles. The van der Waals surface area contributed by atoms with Gasteiger partial charge in [0.1, 0.15) is 5.52 Å². The Morgan fingerprint density at radius 1 is 1.03 bits per heavy atom. The van der Waals surface area contributed by atoms with Crippen molar-refractivity contribution in [2.45, 2.75) is 19.4 Å². The number of carbonyl (C=O) groups excluding carboxylic acids is 1. The Labute approximate surface area is 178 Å². The molecule has 0 N–H and O–H groups in total. The number of fused-ring (bicyclic) bond motifs is 2. The van der Waals surface area contributed by atoms with Crippen LogP contribution in [0.1, 0.15) is 12.5 Å². The Morgan fingerprint density at radius 3 is 2.71 bits per heavy atom. The van der Waals surface area contributed by atoms with Crippen LogP contribution < -0.4 is 5.36 Å². The molecule has 0 saturated heterocycles. The van der Waals surface area contributed by atoms with Crippen LogP contribution in [-0.2, 0) is 20.8 Å². The lowest BCUT2D eigenvalue weighted by Crippen LogP contribution is -2.28. The molecule has 0 bridgehead atoms. The molecule has 5 aromatic rings. The summed E-state index contributed by atoms with van der Waals surface area (Å²) in [5, 5.41) is 7.12. The Balaban J connectivity index is 1.64. The summed E-state index contributed by atoms with van der Waals surface area (Å²) in [6.07, 6.45) is 3.27. The van der Waals surface area contributed by atoms with E-state index in [4.69, 9.17) is 9.57 Å². The molecule has 3 heterocycles. The average Bonchev–Trinajstić information content (AvgIpc) is 3.29. The zero-order chi connectivity index (χ0) is 21.2. The van der Waals surface area contributed by atoms with Crippen LogP contribution in [0.2, 0.25) is 0 Å². The van der Waals surface area contributed by atoms with Crippen molar-refractivity contribution in [2.75, 3.05) is 6.61 Å². The largest absolute Gasteiger partial charge is 0.463 e. The number of aromatic nitrogens is 2. The SMILES string of the molecule is CCOC(=O)C(Cc1ccccc1)ON=c1c2nccc3cccc(c32)n2cccc12. The van der Waals surface area contributed by atoms with Crippen molar-refractivity contribution in [2.24, 2.45) is 5.16 Å². The minimum atomic E-state index is -0.852. The number of benzene rings is 2. The fraction of sp³-hybridized carbons (Fsp3) is 0.160. The molecule has 0 aliphatic rings. The topological polar surface area (TPSA) is 65.2 Å². The molecule has 6 nitrogen and oxygen atoms in total. The predicted molar refractivity (Wildman–Crippen MR) is 119 cm³/mol. The van der Waals surface area contributed by atoms with Gasteiger partial charge in [-0.1, -0.05) is 47.6 Å². The summed E-state index contributed by atoms with van der Waals surface area (Å²) in [6, 6.07) is 21.7. The molecule has 6 heteroatoms. The molecule has 0 aliphatic heterocycles. The highest BCUT2D eigenvalue weighted by atomic mass is 16.7. The van der Waals surface area contributed by atoms with Gasteiger partial charge in [-0.25, -0.2) is 4.79 Å². The smallest absolute Gasteiger partial charge is 0.350 e. The summed E-state index contributed by atoms with van der Waals surface area (Å²) in [4.78, 5) is 23.0. The van der Waals surface area contributed by atoms with E-state index in [0.717, 1.165) is 32.9 Å². The van der Waals surface area contributed by atoms with Crippen LogP contribution in [0.25, 0.3) is 27.3 Å². The molecular formula is C25H21N3O3. The fourth-order valence-corrected chi connectivity index (χ4v) is 3.93. The van der Waals surface area contributed by atoms with Crippen molar-refractivity contribution in [3.63, 3.8) is 0 Å². The highest BCUT2D eigenvalue weighted by Crippen LogP contribution is 2.24. The minimum absolute atomic E-state index is 0.279. The predicted octanol–water partition coefficient (Wildman–Crippen LogP) is 4.09. The van der Waals surface area contributed by atoms with Crippen LogP contribution in [0, 0.1) is 0 Å². The normalized spacial score (nSPS) is 13.1. The molecule has 0 spiro atoms. The third-order valence-electron chi connectivity index (χ3n) is 5.33. The highest BCUT2D eigenvalue weighted by Gasteiger charge is 2.23. The maximum Gasteiger partial charge on any atom is 0.350 e. The lowest BCUT2D eigenvalue weighted by atomic mass is 10.1. The van der Waals surface area contributed by atoms with Crippen LogP contribution in [0.5, 0.6) is 0 Å². The van der Waals surface area contributed by atoms with Gasteiger partial charge in [0.25, 0.3) is 0 Å². The maximum atomic E-state index is 12.6. The lowest BCUT2D eigenvalue weighted by molar-refractivity contribution is -0.157. The summed E-state index contributed by atoms with van der Waals surface area (Å²) in [6.45, 7) is 2.06. The van der Waals surface area contributed by atoms with E-state index in [-0.39, 0.29) is 6.61 Å². The molecular weight excluding hydrogens is 390 g/mol. The molecule has 0 aliphatic carbocycles. The highest BCUT2D eigenvalue weighted by molar-refractivity contribution is 6.08. The second-order valence-corrected chi connectivity index (χ2v) is 7.27. The van der Waals surface area contributed by atoms with E-state index >= 15 is 0 Å². The van der Waals surface area contributed by atoms with Crippen molar-refractivity contribution < 1.29 is 14.4 Å². The quantitative estimate of drug-likeness (QED) is 0.312. The summed E-state index contributed by atoms with van der Waals surface area (Å²) >= 11 is 0. The number of carbonyl (C=O) groups is 1. The number of hydrogen-bond acceptors (Lipinski definition) is 5. The summed E-state index contributed by atoms with van der Waals surface area (Å²) in [5.74, 6) is -0.437. The van der Waals surface area contributed by atoms with Gasteiger partial charge in [-0.05, 0) is 42.1 Å². The Kier molecular flexibility index (Phi) is 4.96. The first-order chi connectivity index (χ1) is 15.3. The van der Waals surface area contributed by atoms with Gasteiger partial charge >= 0.3 is 5.97 Å². The average molecular weight is 411 g/mol. The van der Waals surface area contributed by atoms with Crippen molar-refractivity contribution in [1.82, 2.24) is 9.38 Å². The molecule has 0 fully saturated rings. The third kappa shape index (κ3) is 3.46. The van der Waals surface area contributed by atoms with Gasteiger partial charge in [-0.3, -0.25) is 4.98 Å². The van der Waals surface area contributed by atoms with Crippen molar-refractivity contribution in [3.8, 4) is 0 Å². The van der Waals surface area contributed by atoms with Gasteiger partial charge in [-0.2, -0.15) is 0 Å². The van der Waals surface area contributed by atoms with Gasteiger partial charge in [0, 0.05) is 24.2 Å². The van der Waals surface area contributed by atoms with Gasteiger partial charge in [0.05, 0.1) is 17.6 Å². The summed E-state index contributed by atoms with van der Waals surface area (Å²) < 4.78 is 7.30. The second kappa shape index (κ2) is 8.07. The van der Waals surface area contributed by atoms with Gasteiger partial charge < -0.3 is 14.0 Å². The van der Waals surface area contributed by atoms with E-state index in [9.17, 15) is 4.79 Å². The summed E-state index contributed by atoms with van der Waals surface area (Å²) in [5.41, 5.74) is 3.62. The van der Waals surface area contributed by atoms with Gasteiger partial charge in [-0.15, -0.1) is 0 Å². The molecule has 1 unspecified atom stereocenters. The zero-order valence-corrected chi connectivity index (χ0v) is 17.1. The fourth-order valence-electron chi connectivity index (χ4n) is 3.93. The monoisotopic (exact) mass is 411 g/mol. The van der Waals surface area contributed by atoms with Crippen LogP contribution in [0.4, 0.5) is 0 Å². The lowest BCUT2D eigenvalue weighted by Gasteiger charge is -2.14. The first-order valence-corrected chi connectivity index (χ1v) is 10.3. The summed E-state index contributed by atoms with van der Waals surface area (Å²) in [7, 11) is 0. The van der Waals surface area contributed by atoms with E-state index in [0.29, 0.717) is 11.8 Å². The maximum absolute atomic E-state index is 12.6. The third-order valence-corrected chi connectivity index (χ3v) is 5.33. The van der Waals surface area contributed by atoms with Crippen molar-refractivity contribution in [3.05, 3.63) is 90.0 Å². The van der Waals surface area contributed by atoms with Crippen LogP contribution in [-0.4, -0.2) is 28.1 Å². The number of nitrogens with zero attached hydrogens (tertiary/aromatic N) is 3. The molecule has 0 amide bonds. The van der Waals surface area contributed by atoms with Gasteiger partial charge in [0.15, 0.2) is 5.36 Å². The van der Waals surface area contributed by atoms with Crippen molar-refractivity contribution in [1.29, 1.82) is 0 Å². The number of pyridine rings is 2. The number of hydrogen-bond donors (Lipinski definition) is 0. The number of ether oxygens (including phenoxy) is 1. The van der Waals surface area contributed by atoms with Gasteiger partial charge in [0.2, 0.25) is 6.10 Å². The molecule has 154 valence electrons. The van der Waals surface area contributed by atoms with E-state index in [2.05, 4.69) is 20.6 Å². The molecule has 5 rings (SSSR count). The van der Waals surface area contributed by atoms with E-state index < -0.39 is 12.1 Å². The Bertz CT molecular complexity index is 1420. The molecule has 0 radical (unpaired) electrons. The number of rotatable bonds is 6. The first-order valence-electron chi connectivity index (χ1n) is 10.3. The minimum Gasteiger partial charge on any atom is -0.463 e. The zero-order valence-electron chi connectivity index (χ0n) is 17.1. The standard InChI is InChI=1S/C25H21N3O3/c1-2-30-25(29)21(16-17-8-4-3-5-9-17)31-27-23-20-12-7-15-28(20)19-11-6-10-18-13-14-26-24(23)22(18)19/h3-15,21H,2,16H2,1H3. The number of esters is 1. The Morgan fingerprint density at radius 2 is 1.87 bits per heavy atom. The molecule has 31 heavy (non-hydrogen) atoms. The first kappa shape index (κ1) is 19.1. The van der Waals surface area contributed by atoms with Crippen LogP contribution in [0.3, 0.4) is 0 Å². The van der Waals surface area contributed by atoms with E-state index in [1.165, 1.54) is 0 Å². The van der Waals surface area contributed by atoms with E-state index in [1.807, 2.05) is 66.9 Å². The molecule has 1 atom stereocenters. The Hall–Kier alpha value is -3.93. The van der Waals surface area contributed by atoms with E-state index in [1.54, 1.807) is 13.1 Å². The molecule has 2 aromatic carbocycles. The van der Waals surface area contributed by atoms with Crippen LogP contribution >= 0.6 is 0 Å². The molecule has 3 aromatic heterocycles. The van der Waals surface area contributed by atoms with Crippen LogP contribution in [0.15, 0.2) is 84.3 Å². The second-order valence-electron chi connectivity index (χ2n) is 7.27.